The van der Waals surface area contributed by atoms with E-state index in [4.69, 9.17) is 18.9 Å². The summed E-state index contributed by atoms with van der Waals surface area (Å²) in [5, 5.41) is 0. The predicted molar refractivity (Wildman–Crippen MR) is 58.1 cm³/mol. The van der Waals surface area contributed by atoms with E-state index in [1.54, 1.807) is 0 Å². The van der Waals surface area contributed by atoms with Crippen LogP contribution >= 0.6 is 0 Å². The molecule has 0 aliphatic carbocycles. The molecule has 1 aromatic rings. The third-order valence-electron chi connectivity index (χ3n) is 3.70. The lowest BCUT2D eigenvalue weighted by Crippen LogP contribution is -2.59. The molecule has 0 spiro atoms. The summed E-state index contributed by atoms with van der Waals surface area (Å²) in [5.41, 5.74) is 0.932. The van der Waals surface area contributed by atoms with Crippen LogP contribution in [0.3, 0.4) is 0 Å². The SMILES string of the molecule is F[C@H]1O[C@H]2OC[C@@H]1[C@@H]1O[C@@H](c3ccccc3)O[C@H]21. The number of hydrogen-bond acceptors (Lipinski definition) is 4. The van der Waals surface area contributed by atoms with Gasteiger partial charge in [-0.15, -0.1) is 0 Å². The smallest absolute Gasteiger partial charge is 0.209 e. The van der Waals surface area contributed by atoms with E-state index in [1.165, 1.54) is 0 Å². The fraction of sp³-hybridized carbons (Fsp3) is 0.538. The van der Waals surface area contributed by atoms with Gasteiger partial charge in [-0.1, -0.05) is 30.3 Å². The summed E-state index contributed by atoms with van der Waals surface area (Å²) in [7, 11) is 0. The van der Waals surface area contributed by atoms with E-state index in [2.05, 4.69) is 0 Å². The summed E-state index contributed by atoms with van der Waals surface area (Å²) >= 11 is 0. The summed E-state index contributed by atoms with van der Waals surface area (Å²) in [6.45, 7) is 0.331. The maximum absolute atomic E-state index is 13.6. The van der Waals surface area contributed by atoms with Crippen molar-refractivity contribution in [2.75, 3.05) is 6.61 Å². The average molecular weight is 252 g/mol. The minimum Gasteiger partial charge on any atom is -0.349 e. The minimum absolute atomic E-state index is 0.280. The quantitative estimate of drug-likeness (QED) is 0.763. The molecule has 4 heterocycles. The zero-order valence-electron chi connectivity index (χ0n) is 9.57. The number of ether oxygens (including phenoxy) is 4. The van der Waals surface area contributed by atoms with E-state index in [9.17, 15) is 4.39 Å². The molecule has 4 fully saturated rings. The fourth-order valence-corrected chi connectivity index (χ4v) is 2.77. The average Bonchev–Trinajstić information content (AvgIpc) is 2.87. The number of alkyl halides is 1. The van der Waals surface area contributed by atoms with Crippen LogP contribution in [-0.2, 0) is 18.9 Å². The van der Waals surface area contributed by atoms with Gasteiger partial charge in [-0.05, 0) is 0 Å². The van der Waals surface area contributed by atoms with Crippen LogP contribution in [0, 0.1) is 5.92 Å². The molecule has 96 valence electrons. The maximum atomic E-state index is 13.6. The van der Waals surface area contributed by atoms with Crippen LogP contribution in [-0.4, -0.2) is 31.5 Å². The summed E-state index contributed by atoms with van der Waals surface area (Å²) in [4.78, 5) is 0. The second kappa shape index (κ2) is 3.99. The number of rotatable bonds is 1. The molecule has 0 N–H and O–H groups in total. The van der Waals surface area contributed by atoms with Crippen molar-refractivity contribution in [1.29, 1.82) is 0 Å². The molecule has 0 radical (unpaired) electrons. The number of benzene rings is 1. The summed E-state index contributed by atoms with van der Waals surface area (Å²) in [6, 6.07) is 9.63. The van der Waals surface area contributed by atoms with Gasteiger partial charge in [0.15, 0.2) is 12.6 Å². The predicted octanol–water partition coefficient (Wildman–Crippen LogP) is 1.77. The van der Waals surface area contributed by atoms with E-state index in [0.29, 0.717) is 6.61 Å². The van der Waals surface area contributed by atoms with Crippen LogP contribution in [0.1, 0.15) is 11.9 Å². The molecule has 0 amide bonds. The van der Waals surface area contributed by atoms with Crippen molar-refractivity contribution >= 4 is 0 Å². The summed E-state index contributed by atoms with van der Waals surface area (Å²) in [6.07, 6.45) is -3.03. The Labute approximate surface area is 104 Å². The Morgan fingerprint density at radius 1 is 1.00 bits per heavy atom. The van der Waals surface area contributed by atoms with Crippen molar-refractivity contribution < 1.29 is 23.3 Å². The molecule has 5 rings (SSSR count). The molecular weight excluding hydrogens is 239 g/mol. The van der Waals surface area contributed by atoms with Crippen molar-refractivity contribution in [2.45, 2.75) is 31.1 Å². The maximum Gasteiger partial charge on any atom is 0.209 e. The third-order valence-corrected chi connectivity index (χ3v) is 3.70. The number of halogens is 1. The van der Waals surface area contributed by atoms with E-state index >= 15 is 0 Å². The number of hydrogen-bond donors (Lipinski definition) is 0. The monoisotopic (exact) mass is 252 g/mol. The van der Waals surface area contributed by atoms with Crippen LogP contribution in [0.2, 0.25) is 0 Å². The molecule has 4 saturated heterocycles. The van der Waals surface area contributed by atoms with Gasteiger partial charge in [0, 0.05) is 5.56 Å². The standard InChI is InChI=1S/C13H13FO4/c14-11-8-6-15-13(18-11)10-9(8)16-12(17-10)7-4-2-1-3-5-7/h1-5,8-13H,6H2/t8-,9+,10+,11+,12-,13-/m1/s1. The highest BCUT2D eigenvalue weighted by atomic mass is 19.1. The second-order valence-electron chi connectivity index (χ2n) is 4.80. The van der Waals surface area contributed by atoms with Gasteiger partial charge >= 0.3 is 0 Å². The van der Waals surface area contributed by atoms with Crippen LogP contribution in [0.25, 0.3) is 0 Å². The van der Waals surface area contributed by atoms with Crippen LogP contribution in [0.4, 0.5) is 4.39 Å². The highest BCUT2D eigenvalue weighted by molar-refractivity contribution is 5.17. The van der Waals surface area contributed by atoms with Gasteiger partial charge in [-0.25, -0.2) is 4.39 Å². The van der Waals surface area contributed by atoms with Gasteiger partial charge in [0.2, 0.25) is 6.36 Å². The molecule has 5 heteroatoms. The van der Waals surface area contributed by atoms with Crippen molar-refractivity contribution in [3.05, 3.63) is 35.9 Å². The van der Waals surface area contributed by atoms with Crippen molar-refractivity contribution in [3.8, 4) is 0 Å². The second-order valence-corrected chi connectivity index (χ2v) is 4.80. The molecule has 4 aliphatic heterocycles. The highest BCUT2D eigenvalue weighted by Gasteiger charge is 2.57. The van der Waals surface area contributed by atoms with E-state index in [1.807, 2.05) is 30.3 Å². The van der Waals surface area contributed by atoms with Crippen LogP contribution in [0.15, 0.2) is 30.3 Å². The van der Waals surface area contributed by atoms with E-state index in [0.717, 1.165) is 5.56 Å². The lowest BCUT2D eigenvalue weighted by Gasteiger charge is -2.44. The van der Waals surface area contributed by atoms with Crippen molar-refractivity contribution in [1.82, 2.24) is 0 Å². The Bertz CT molecular complexity index is 440. The molecule has 18 heavy (non-hydrogen) atoms. The topological polar surface area (TPSA) is 36.9 Å². The van der Waals surface area contributed by atoms with Gasteiger partial charge in [0.05, 0.1) is 12.5 Å². The fourth-order valence-electron chi connectivity index (χ4n) is 2.77. The first-order chi connectivity index (χ1) is 8.83. The van der Waals surface area contributed by atoms with Gasteiger partial charge in [0.25, 0.3) is 0 Å². The first-order valence-electron chi connectivity index (χ1n) is 6.10. The van der Waals surface area contributed by atoms with Gasteiger partial charge in [0.1, 0.15) is 12.2 Å². The largest absolute Gasteiger partial charge is 0.349 e. The lowest BCUT2D eigenvalue weighted by molar-refractivity contribution is -0.344. The van der Waals surface area contributed by atoms with E-state index in [-0.39, 0.29) is 12.2 Å². The summed E-state index contributed by atoms with van der Waals surface area (Å²) in [5.74, 6) is -0.395. The zero-order chi connectivity index (χ0) is 12.1. The van der Waals surface area contributed by atoms with Gasteiger partial charge in [-0.2, -0.15) is 0 Å². The Morgan fingerprint density at radius 2 is 1.78 bits per heavy atom. The molecule has 6 atom stereocenters. The molecular formula is C13H13FO4. The van der Waals surface area contributed by atoms with Crippen LogP contribution in [0.5, 0.6) is 0 Å². The Balaban J connectivity index is 1.60. The molecule has 0 unspecified atom stereocenters. The van der Waals surface area contributed by atoms with Crippen molar-refractivity contribution in [3.63, 3.8) is 0 Å². The van der Waals surface area contributed by atoms with E-state index < -0.39 is 24.9 Å². The zero-order valence-corrected chi connectivity index (χ0v) is 9.57. The third kappa shape index (κ3) is 1.52. The molecule has 0 aromatic heterocycles. The van der Waals surface area contributed by atoms with Crippen molar-refractivity contribution in [2.24, 2.45) is 5.92 Å². The Kier molecular flexibility index (Phi) is 2.41. The Hall–Kier alpha value is -1.01. The molecule has 0 saturated carbocycles. The molecule has 4 aliphatic rings. The van der Waals surface area contributed by atoms with Gasteiger partial charge in [-0.3, -0.25) is 0 Å². The molecule has 2 bridgehead atoms. The molecule has 1 aromatic carbocycles. The first kappa shape index (κ1) is 10.9. The minimum atomic E-state index is -1.32. The van der Waals surface area contributed by atoms with Gasteiger partial charge < -0.3 is 18.9 Å². The summed E-state index contributed by atoms with van der Waals surface area (Å²) < 4.78 is 35.7. The highest BCUT2D eigenvalue weighted by Crippen LogP contribution is 2.45. The molecule has 4 nitrogen and oxygen atoms in total. The lowest BCUT2D eigenvalue weighted by atomic mass is 9.93. The Morgan fingerprint density at radius 3 is 2.56 bits per heavy atom. The number of fused-ring (bicyclic) bond motifs is 2. The van der Waals surface area contributed by atoms with Crippen LogP contribution < -0.4 is 0 Å². The normalized spacial score (nSPS) is 46.1. The first-order valence-corrected chi connectivity index (χ1v) is 6.10.